The molecule has 1 heterocycles. The maximum Gasteiger partial charge on any atom is 0.283 e. The highest BCUT2D eigenvalue weighted by atomic mass is 35.5. The van der Waals surface area contributed by atoms with Crippen LogP contribution in [0.5, 0.6) is 0 Å². The molecule has 0 atom stereocenters. The zero-order valence-corrected chi connectivity index (χ0v) is 19.1. The van der Waals surface area contributed by atoms with E-state index in [0.717, 1.165) is 30.6 Å². The van der Waals surface area contributed by atoms with Gasteiger partial charge in [0.05, 0.1) is 5.69 Å². The molecule has 2 aromatic carbocycles. The van der Waals surface area contributed by atoms with Gasteiger partial charge in [0.1, 0.15) is 10.7 Å². The predicted octanol–water partition coefficient (Wildman–Crippen LogP) is 5.18. The molecule has 0 aromatic heterocycles. The summed E-state index contributed by atoms with van der Waals surface area (Å²) in [6.45, 7) is 0. The summed E-state index contributed by atoms with van der Waals surface area (Å²) in [7, 11) is 1.83. The van der Waals surface area contributed by atoms with Crippen molar-refractivity contribution in [3.05, 3.63) is 69.8 Å². The largest absolute Gasteiger partial charge is 0.350 e. The minimum absolute atomic E-state index is 0.0399. The topological polar surface area (TPSA) is 69.7 Å². The highest BCUT2D eigenvalue weighted by molar-refractivity contribution is 6.53. The lowest BCUT2D eigenvalue weighted by Gasteiger charge is -2.31. The van der Waals surface area contributed by atoms with Gasteiger partial charge in [-0.05, 0) is 49.2 Å². The fourth-order valence-electron chi connectivity index (χ4n) is 4.17. The molecule has 1 aliphatic carbocycles. The summed E-state index contributed by atoms with van der Waals surface area (Å²) in [5.74, 6) is -1.29. The summed E-state index contributed by atoms with van der Waals surface area (Å²) in [4.78, 5) is 41.4. The van der Waals surface area contributed by atoms with E-state index in [-0.39, 0.29) is 22.7 Å². The van der Waals surface area contributed by atoms with Crippen LogP contribution in [-0.4, -0.2) is 35.7 Å². The van der Waals surface area contributed by atoms with E-state index in [9.17, 15) is 14.4 Å². The molecule has 0 bridgehead atoms. The van der Waals surface area contributed by atoms with Crippen molar-refractivity contribution in [2.75, 3.05) is 17.3 Å². The minimum atomic E-state index is -0.634. The van der Waals surface area contributed by atoms with E-state index in [0.29, 0.717) is 22.0 Å². The van der Waals surface area contributed by atoms with Crippen LogP contribution in [0.2, 0.25) is 5.02 Å². The van der Waals surface area contributed by atoms with Crippen molar-refractivity contribution >= 4 is 52.3 Å². The number of hydrogen-bond donors (Lipinski definition) is 1. The third-order valence-corrected chi connectivity index (χ3v) is 6.50. The Kier molecular flexibility index (Phi) is 6.53. The second kappa shape index (κ2) is 9.35. The van der Waals surface area contributed by atoms with Gasteiger partial charge >= 0.3 is 0 Å². The number of rotatable bonds is 5. The van der Waals surface area contributed by atoms with Crippen molar-refractivity contribution in [3.63, 3.8) is 0 Å². The van der Waals surface area contributed by atoms with Gasteiger partial charge in [0.25, 0.3) is 17.7 Å². The van der Waals surface area contributed by atoms with Gasteiger partial charge in [-0.25, -0.2) is 4.90 Å². The molecule has 0 spiro atoms. The third kappa shape index (κ3) is 4.38. The van der Waals surface area contributed by atoms with Crippen LogP contribution < -0.4 is 10.2 Å². The molecule has 1 N–H and O–H groups in total. The molecule has 4 rings (SSSR count). The Morgan fingerprint density at radius 2 is 1.72 bits per heavy atom. The van der Waals surface area contributed by atoms with Crippen LogP contribution in [0.15, 0.2) is 59.3 Å². The predicted molar refractivity (Wildman–Crippen MR) is 126 cm³/mol. The van der Waals surface area contributed by atoms with Gasteiger partial charge in [-0.1, -0.05) is 54.6 Å². The summed E-state index contributed by atoms with van der Waals surface area (Å²) < 4.78 is 0. The molecule has 8 heteroatoms. The van der Waals surface area contributed by atoms with Crippen molar-refractivity contribution in [2.24, 2.45) is 0 Å². The molecule has 0 saturated heterocycles. The molecular weight excluding hydrogens is 449 g/mol. The molecule has 32 heavy (non-hydrogen) atoms. The first kappa shape index (κ1) is 22.4. The number of imide groups is 1. The molecule has 6 nitrogen and oxygen atoms in total. The zero-order valence-electron chi connectivity index (χ0n) is 17.6. The Balaban J connectivity index is 1.53. The number of nitrogens with zero attached hydrogens (tertiary/aromatic N) is 2. The SMILES string of the molecule is CN(C(=O)c1cccc(NC2=C(Cl)C(=O)N(c3cccc(Cl)c3)C2=O)c1)C1CCCCC1. The molecule has 1 fully saturated rings. The van der Waals surface area contributed by atoms with E-state index in [1.807, 2.05) is 7.05 Å². The number of anilines is 2. The van der Waals surface area contributed by atoms with Crippen LogP contribution >= 0.6 is 23.2 Å². The Labute approximate surface area is 196 Å². The van der Waals surface area contributed by atoms with Crippen LogP contribution in [0, 0.1) is 0 Å². The van der Waals surface area contributed by atoms with Crippen LogP contribution in [0.1, 0.15) is 42.5 Å². The first-order valence-electron chi connectivity index (χ1n) is 10.5. The standard InChI is InChI=1S/C24H23Cl2N3O3/c1-28(18-10-3-2-4-11-18)22(30)15-7-5-9-17(13-15)27-21-20(26)23(31)29(24(21)32)19-12-6-8-16(25)14-19/h5-9,12-14,18,27H,2-4,10-11H2,1H3. The van der Waals surface area contributed by atoms with Crippen molar-refractivity contribution in [2.45, 2.75) is 38.1 Å². The maximum absolute atomic E-state index is 13.0. The average Bonchev–Trinajstić information content (AvgIpc) is 3.02. The Morgan fingerprint density at radius 1 is 1.00 bits per heavy atom. The molecule has 1 aliphatic heterocycles. The van der Waals surface area contributed by atoms with Crippen LogP contribution in [0.4, 0.5) is 11.4 Å². The number of benzene rings is 2. The Bertz CT molecular complexity index is 1110. The normalized spacial score (nSPS) is 17.2. The monoisotopic (exact) mass is 471 g/mol. The minimum Gasteiger partial charge on any atom is -0.350 e. The van der Waals surface area contributed by atoms with Gasteiger partial charge in [0.2, 0.25) is 0 Å². The first-order valence-corrected chi connectivity index (χ1v) is 11.3. The molecule has 0 radical (unpaired) electrons. The number of halogens is 2. The maximum atomic E-state index is 13.0. The summed E-state index contributed by atoms with van der Waals surface area (Å²) in [6.07, 6.45) is 5.51. The third-order valence-electron chi connectivity index (χ3n) is 5.92. The second-order valence-electron chi connectivity index (χ2n) is 8.03. The van der Waals surface area contributed by atoms with E-state index in [4.69, 9.17) is 23.2 Å². The molecule has 3 amide bonds. The van der Waals surface area contributed by atoms with Crippen LogP contribution in [0.3, 0.4) is 0 Å². The van der Waals surface area contributed by atoms with E-state index in [2.05, 4.69) is 5.32 Å². The van der Waals surface area contributed by atoms with Gasteiger partial charge in [-0.3, -0.25) is 14.4 Å². The van der Waals surface area contributed by atoms with E-state index < -0.39 is 11.8 Å². The lowest BCUT2D eigenvalue weighted by atomic mass is 9.94. The average molecular weight is 472 g/mol. The smallest absolute Gasteiger partial charge is 0.283 e. The zero-order chi connectivity index (χ0) is 22.8. The second-order valence-corrected chi connectivity index (χ2v) is 8.84. The highest BCUT2D eigenvalue weighted by Crippen LogP contribution is 2.31. The molecule has 166 valence electrons. The number of amides is 3. The fourth-order valence-corrected chi connectivity index (χ4v) is 4.57. The molecule has 2 aliphatic rings. The summed E-state index contributed by atoms with van der Waals surface area (Å²) in [5, 5.41) is 3.11. The number of carbonyl (C=O) groups is 3. The Morgan fingerprint density at radius 3 is 2.44 bits per heavy atom. The molecular formula is C24H23Cl2N3O3. The van der Waals surface area contributed by atoms with Gasteiger partial charge in [0.15, 0.2) is 0 Å². The summed E-state index contributed by atoms with van der Waals surface area (Å²) in [6, 6.07) is 13.5. The van der Waals surface area contributed by atoms with Crippen molar-refractivity contribution < 1.29 is 14.4 Å². The van der Waals surface area contributed by atoms with Gasteiger partial charge in [0, 0.05) is 29.4 Å². The molecule has 2 aromatic rings. The Hall–Kier alpha value is -2.83. The van der Waals surface area contributed by atoms with Gasteiger partial charge in [-0.2, -0.15) is 0 Å². The van der Waals surface area contributed by atoms with Crippen molar-refractivity contribution in [1.29, 1.82) is 0 Å². The van der Waals surface area contributed by atoms with Crippen LogP contribution in [-0.2, 0) is 9.59 Å². The van der Waals surface area contributed by atoms with Crippen molar-refractivity contribution in [1.82, 2.24) is 4.90 Å². The first-order chi connectivity index (χ1) is 15.4. The van der Waals surface area contributed by atoms with Gasteiger partial charge in [-0.15, -0.1) is 0 Å². The van der Waals surface area contributed by atoms with E-state index in [1.165, 1.54) is 12.5 Å². The van der Waals surface area contributed by atoms with Crippen LogP contribution in [0.25, 0.3) is 0 Å². The molecule has 1 saturated carbocycles. The lowest BCUT2D eigenvalue weighted by molar-refractivity contribution is -0.120. The van der Waals surface area contributed by atoms with E-state index >= 15 is 0 Å². The van der Waals surface area contributed by atoms with Crippen molar-refractivity contribution in [3.8, 4) is 0 Å². The lowest BCUT2D eigenvalue weighted by Crippen LogP contribution is -2.38. The van der Waals surface area contributed by atoms with E-state index in [1.54, 1.807) is 47.4 Å². The number of hydrogen-bond acceptors (Lipinski definition) is 4. The quantitative estimate of drug-likeness (QED) is 0.609. The highest BCUT2D eigenvalue weighted by Gasteiger charge is 2.39. The molecule has 0 unspecified atom stereocenters. The van der Waals surface area contributed by atoms with Gasteiger partial charge < -0.3 is 10.2 Å². The number of nitrogens with one attached hydrogen (secondary N) is 1. The summed E-state index contributed by atoms with van der Waals surface area (Å²) in [5.41, 5.74) is 1.29. The fraction of sp³-hybridized carbons (Fsp3) is 0.292. The number of carbonyl (C=O) groups excluding carboxylic acids is 3. The summed E-state index contributed by atoms with van der Waals surface area (Å²) >= 11 is 12.2.